The highest BCUT2D eigenvalue weighted by atomic mass is 14.9. The molecule has 1 heterocycles. The molecule has 1 aromatic rings. The Labute approximate surface area is 91.9 Å². The van der Waals surface area contributed by atoms with Gasteiger partial charge in [-0.2, -0.15) is 0 Å². The Morgan fingerprint density at radius 3 is 3.00 bits per heavy atom. The van der Waals surface area contributed by atoms with Crippen LogP contribution in [0.4, 0.5) is 5.69 Å². The first-order valence-corrected chi connectivity index (χ1v) is 6.06. The predicted molar refractivity (Wildman–Crippen MR) is 64.5 cm³/mol. The van der Waals surface area contributed by atoms with Crippen LogP contribution < -0.4 is 5.32 Å². The summed E-state index contributed by atoms with van der Waals surface area (Å²) >= 11 is 0. The molecule has 0 bridgehead atoms. The van der Waals surface area contributed by atoms with Gasteiger partial charge in [0.15, 0.2) is 0 Å². The minimum Gasteiger partial charge on any atom is -0.385 e. The molecule has 1 unspecified atom stereocenters. The topological polar surface area (TPSA) is 12.0 Å². The highest BCUT2D eigenvalue weighted by Gasteiger charge is 2.35. The zero-order valence-electron chi connectivity index (χ0n) is 9.64. The average molecular weight is 201 g/mol. The third-order valence-electron chi connectivity index (χ3n) is 4.17. The van der Waals surface area contributed by atoms with E-state index in [0.29, 0.717) is 5.41 Å². The molecule has 1 atom stereocenters. The molecule has 0 radical (unpaired) electrons. The maximum absolute atomic E-state index is 3.54. The average Bonchev–Trinajstić information content (AvgIpc) is 2.24. The van der Waals surface area contributed by atoms with Gasteiger partial charge < -0.3 is 5.32 Å². The monoisotopic (exact) mass is 201 g/mol. The molecular formula is C14H19N. The number of nitrogens with one attached hydrogen (secondary N) is 1. The predicted octanol–water partition coefficient (Wildman–Crippen LogP) is 3.66. The zero-order chi connectivity index (χ0) is 10.5. The fourth-order valence-corrected chi connectivity index (χ4v) is 3.23. The van der Waals surface area contributed by atoms with Gasteiger partial charge in [0.1, 0.15) is 0 Å². The first kappa shape index (κ1) is 9.26. The van der Waals surface area contributed by atoms with Crippen molar-refractivity contribution < 1.29 is 0 Å². The van der Waals surface area contributed by atoms with E-state index in [2.05, 4.69) is 37.4 Å². The van der Waals surface area contributed by atoms with Crippen LogP contribution in [0, 0.1) is 0 Å². The summed E-state index contributed by atoms with van der Waals surface area (Å²) in [4.78, 5) is 0. The van der Waals surface area contributed by atoms with E-state index >= 15 is 0 Å². The molecule has 1 aliphatic carbocycles. The van der Waals surface area contributed by atoms with Crippen LogP contribution >= 0.6 is 0 Å². The second-order valence-electron chi connectivity index (χ2n) is 5.60. The minimum absolute atomic E-state index is 0.376. The number of anilines is 1. The zero-order valence-corrected chi connectivity index (χ0v) is 9.64. The Hall–Kier alpha value is -0.980. The van der Waals surface area contributed by atoms with E-state index in [1.807, 2.05) is 0 Å². The second-order valence-corrected chi connectivity index (χ2v) is 5.60. The normalized spacial score (nSPS) is 26.7. The summed E-state index contributed by atoms with van der Waals surface area (Å²) in [7, 11) is 0. The molecule has 1 nitrogen and oxygen atoms in total. The van der Waals surface area contributed by atoms with Crippen LogP contribution in [0.25, 0.3) is 0 Å². The van der Waals surface area contributed by atoms with Crippen LogP contribution in [0.2, 0.25) is 0 Å². The molecule has 0 saturated carbocycles. The van der Waals surface area contributed by atoms with Crippen LogP contribution in [0.3, 0.4) is 0 Å². The van der Waals surface area contributed by atoms with E-state index in [9.17, 15) is 0 Å². The Bertz CT molecular complexity index is 392. The van der Waals surface area contributed by atoms with Crippen molar-refractivity contribution in [2.75, 3.05) is 11.9 Å². The number of benzene rings is 1. The Balaban J connectivity index is 2.22. The van der Waals surface area contributed by atoms with E-state index in [0.717, 1.165) is 12.5 Å². The summed E-state index contributed by atoms with van der Waals surface area (Å²) in [5.41, 5.74) is 4.99. The summed E-state index contributed by atoms with van der Waals surface area (Å²) in [5.74, 6) is 0.825. The van der Waals surface area contributed by atoms with Gasteiger partial charge in [0.05, 0.1) is 0 Å². The van der Waals surface area contributed by atoms with Crippen molar-refractivity contribution in [3.8, 4) is 0 Å². The maximum Gasteiger partial charge on any atom is 0.0378 e. The van der Waals surface area contributed by atoms with E-state index in [1.165, 1.54) is 24.9 Å². The summed E-state index contributed by atoms with van der Waals surface area (Å²) in [6.45, 7) is 5.92. The van der Waals surface area contributed by atoms with Gasteiger partial charge in [0.2, 0.25) is 0 Å². The first-order valence-electron chi connectivity index (χ1n) is 6.06. The Morgan fingerprint density at radius 2 is 2.13 bits per heavy atom. The Morgan fingerprint density at radius 1 is 1.27 bits per heavy atom. The molecule has 0 spiro atoms. The van der Waals surface area contributed by atoms with Crippen LogP contribution in [0.1, 0.15) is 50.2 Å². The SMILES string of the molecule is CC1(C)CCC2CCNc3cccc1c32. The summed E-state index contributed by atoms with van der Waals surface area (Å²) in [5, 5.41) is 3.54. The van der Waals surface area contributed by atoms with Gasteiger partial charge in [-0.3, -0.25) is 0 Å². The van der Waals surface area contributed by atoms with Crippen molar-refractivity contribution in [2.45, 2.75) is 44.4 Å². The van der Waals surface area contributed by atoms with Gasteiger partial charge in [-0.05, 0) is 47.8 Å². The van der Waals surface area contributed by atoms with Crippen molar-refractivity contribution in [1.29, 1.82) is 0 Å². The van der Waals surface area contributed by atoms with E-state index < -0.39 is 0 Å². The Kier molecular flexibility index (Phi) is 1.86. The fourth-order valence-electron chi connectivity index (χ4n) is 3.23. The largest absolute Gasteiger partial charge is 0.385 e. The van der Waals surface area contributed by atoms with E-state index in [-0.39, 0.29) is 0 Å². The van der Waals surface area contributed by atoms with Crippen molar-refractivity contribution in [2.24, 2.45) is 0 Å². The molecule has 0 fully saturated rings. The number of hydrogen-bond donors (Lipinski definition) is 1. The highest BCUT2D eigenvalue weighted by molar-refractivity contribution is 5.60. The minimum atomic E-state index is 0.376. The van der Waals surface area contributed by atoms with Gasteiger partial charge in [0, 0.05) is 12.2 Å². The smallest absolute Gasteiger partial charge is 0.0378 e. The van der Waals surface area contributed by atoms with Gasteiger partial charge in [0.25, 0.3) is 0 Å². The van der Waals surface area contributed by atoms with E-state index in [4.69, 9.17) is 0 Å². The van der Waals surface area contributed by atoms with Crippen LogP contribution in [0.15, 0.2) is 18.2 Å². The quantitative estimate of drug-likeness (QED) is 0.675. The third kappa shape index (κ3) is 1.29. The van der Waals surface area contributed by atoms with Gasteiger partial charge in [-0.15, -0.1) is 0 Å². The lowest BCUT2D eigenvalue weighted by Gasteiger charge is -2.40. The van der Waals surface area contributed by atoms with E-state index in [1.54, 1.807) is 11.1 Å². The van der Waals surface area contributed by atoms with Crippen molar-refractivity contribution in [3.05, 3.63) is 29.3 Å². The molecule has 1 aliphatic heterocycles. The summed E-state index contributed by atoms with van der Waals surface area (Å²) < 4.78 is 0. The third-order valence-corrected chi connectivity index (χ3v) is 4.17. The standard InChI is InChI=1S/C14H19N/c1-14(2)8-6-10-7-9-15-12-5-3-4-11(14)13(10)12/h3-5,10,15H,6-9H2,1-2H3. The molecule has 0 amide bonds. The van der Waals surface area contributed by atoms with Gasteiger partial charge >= 0.3 is 0 Å². The lowest BCUT2D eigenvalue weighted by Crippen LogP contribution is -2.30. The summed E-state index contributed by atoms with van der Waals surface area (Å²) in [6, 6.07) is 6.78. The van der Waals surface area contributed by atoms with Crippen molar-refractivity contribution in [3.63, 3.8) is 0 Å². The lowest BCUT2D eigenvalue weighted by molar-refractivity contribution is 0.381. The summed E-state index contributed by atoms with van der Waals surface area (Å²) in [6.07, 6.45) is 4.03. The maximum atomic E-state index is 3.54. The highest BCUT2D eigenvalue weighted by Crippen LogP contribution is 2.48. The molecular weight excluding hydrogens is 182 g/mol. The van der Waals surface area contributed by atoms with Gasteiger partial charge in [-0.25, -0.2) is 0 Å². The fraction of sp³-hybridized carbons (Fsp3) is 0.571. The van der Waals surface area contributed by atoms with Crippen LogP contribution in [0.5, 0.6) is 0 Å². The molecule has 3 rings (SSSR count). The lowest BCUT2D eigenvalue weighted by atomic mass is 9.67. The number of hydrogen-bond acceptors (Lipinski definition) is 1. The van der Waals surface area contributed by atoms with Gasteiger partial charge in [-0.1, -0.05) is 26.0 Å². The van der Waals surface area contributed by atoms with Crippen LogP contribution in [-0.2, 0) is 5.41 Å². The molecule has 1 N–H and O–H groups in total. The molecule has 1 heteroatoms. The number of rotatable bonds is 0. The molecule has 1 aromatic carbocycles. The first-order chi connectivity index (χ1) is 7.18. The molecule has 15 heavy (non-hydrogen) atoms. The van der Waals surface area contributed by atoms with Crippen molar-refractivity contribution in [1.82, 2.24) is 0 Å². The molecule has 2 aliphatic rings. The van der Waals surface area contributed by atoms with Crippen molar-refractivity contribution >= 4 is 5.69 Å². The molecule has 80 valence electrons. The molecule has 0 aromatic heterocycles. The molecule has 0 saturated heterocycles. The van der Waals surface area contributed by atoms with Crippen LogP contribution in [-0.4, -0.2) is 6.54 Å². The second kappa shape index (κ2) is 3.01.